The second-order valence-electron chi connectivity index (χ2n) is 4.95. The van der Waals surface area contributed by atoms with Crippen molar-refractivity contribution in [2.24, 2.45) is 5.10 Å². The minimum Gasteiger partial charge on any atom is -0.480 e. The van der Waals surface area contributed by atoms with Crippen LogP contribution in [0.5, 0.6) is 5.75 Å². The zero-order chi connectivity index (χ0) is 19.8. The molecule has 2 aromatic carbocycles. The third kappa shape index (κ3) is 6.29. The van der Waals surface area contributed by atoms with Gasteiger partial charge >= 0.3 is 11.8 Å². The fourth-order valence-electron chi connectivity index (χ4n) is 1.85. The molecule has 2 rings (SSSR count). The maximum Gasteiger partial charge on any atom is 0.329 e. The lowest BCUT2D eigenvalue weighted by atomic mass is 10.2. The van der Waals surface area contributed by atoms with Gasteiger partial charge < -0.3 is 10.1 Å². The van der Waals surface area contributed by atoms with Gasteiger partial charge in [-0.1, -0.05) is 45.1 Å². The largest absolute Gasteiger partial charge is 0.480 e. The summed E-state index contributed by atoms with van der Waals surface area (Å²) in [5.74, 6) is 0.901. The molecule has 0 radical (unpaired) electrons. The lowest BCUT2D eigenvalue weighted by Gasteiger charge is -2.07. The molecule has 0 saturated heterocycles. The molecule has 0 aliphatic heterocycles. The van der Waals surface area contributed by atoms with Gasteiger partial charge in [0.15, 0.2) is 0 Å². The summed E-state index contributed by atoms with van der Waals surface area (Å²) in [6.07, 6.45) is 6.50. The Hall–Kier alpha value is -2.53. The number of ether oxygens (including phenoxy) is 1. The Bertz CT molecular complexity index is 942. The van der Waals surface area contributed by atoms with Crippen molar-refractivity contribution in [2.45, 2.75) is 0 Å². The van der Waals surface area contributed by atoms with E-state index in [0.29, 0.717) is 16.3 Å². The molecule has 0 saturated carbocycles. The van der Waals surface area contributed by atoms with Gasteiger partial charge in [-0.25, -0.2) is 5.43 Å². The number of anilines is 1. The summed E-state index contributed by atoms with van der Waals surface area (Å²) in [5, 5.41) is 6.72. The molecular weight excluding hydrogens is 457 g/mol. The lowest BCUT2D eigenvalue weighted by molar-refractivity contribution is -0.136. The van der Waals surface area contributed by atoms with E-state index in [2.05, 4.69) is 37.7 Å². The Kier molecular flexibility index (Phi) is 7.67. The third-order valence-electron chi connectivity index (χ3n) is 3.04. The molecule has 0 aliphatic carbocycles. The Morgan fingerprint density at radius 2 is 2.00 bits per heavy atom. The molecule has 0 bridgehead atoms. The van der Waals surface area contributed by atoms with E-state index in [0.717, 1.165) is 4.47 Å². The molecule has 2 amide bonds. The highest BCUT2D eigenvalue weighted by atomic mass is 79.9. The van der Waals surface area contributed by atoms with E-state index in [1.165, 1.54) is 18.3 Å². The summed E-state index contributed by atoms with van der Waals surface area (Å²) < 4.78 is 6.16. The summed E-state index contributed by atoms with van der Waals surface area (Å²) in [6.45, 7) is 0.0810. The molecule has 0 atom stereocenters. The van der Waals surface area contributed by atoms with Crippen molar-refractivity contribution in [3.63, 3.8) is 0 Å². The van der Waals surface area contributed by atoms with E-state index in [4.69, 9.17) is 34.4 Å². The molecule has 0 heterocycles. The van der Waals surface area contributed by atoms with Crippen molar-refractivity contribution in [1.82, 2.24) is 5.43 Å². The van der Waals surface area contributed by atoms with Gasteiger partial charge in [0.2, 0.25) is 0 Å². The molecule has 9 heteroatoms. The molecular formula is C18H12BrCl2N3O3. The molecule has 0 unspecified atom stereocenters. The monoisotopic (exact) mass is 467 g/mol. The summed E-state index contributed by atoms with van der Waals surface area (Å²) >= 11 is 15.1. The zero-order valence-corrected chi connectivity index (χ0v) is 16.7. The molecule has 2 N–H and O–H groups in total. The molecule has 0 aliphatic rings. The number of hydrazone groups is 1. The first kappa shape index (κ1) is 20.8. The van der Waals surface area contributed by atoms with E-state index < -0.39 is 11.8 Å². The van der Waals surface area contributed by atoms with Gasteiger partial charge in [-0.15, -0.1) is 6.42 Å². The highest BCUT2D eigenvalue weighted by molar-refractivity contribution is 9.10. The molecule has 6 nitrogen and oxygen atoms in total. The van der Waals surface area contributed by atoms with Crippen molar-refractivity contribution in [3.8, 4) is 18.1 Å². The first-order valence-electron chi connectivity index (χ1n) is 7.36. The molecule has 138 valence electrons. The molecule has 2 aromatic rings. The van der Waals surface area contributed by atoms with Crippen LogP contribution in [-0.2, 0) is 9.59 Å². The van der Waals surface area contributed by atoms with Gasteiger partial charge in [-0.3, -0.25) is 9.59 Å². The van der Waals surface area contributed by atoms with E-state index in [1.54, 1.807) is 24.3 Å². The van der Waals surface area contributed by atoms with Crippen LogP contribution in [0.25, 0.3) is 0 Å². The van der Waals surface area contributed by atoms with Crippen molar-refractivity contribution >= 4 is 62.8 Å². The van der Waals surface area contributed by atoms with Crippen LogP contribution in [0.3, 0.4) is 0 Å². The van der Waals surface area contributed by atoms with E-state index in [9.17, 15) is 9.59 Å². The fourth-order valence-corrected chi connectivity index (χ4v) is 2.57. The van der Waals surface area contributed by atoms with Gasteiger partial charge in [0.05, 0.1) is 16.9 Å². The average molecular weight is 469 g/mol. The molecule has 0 aromatic heterocycles. The second-order valence-corrected chi connectivity index (χ2v) is 6.71. The predicted octanol–water partition coefficient (Wildman–Crippen LogP) is 3.86. The summed E-state index contributed by atoms with van der Waals surface area (Å²) in [5.41, 5.74) is 2.89. The van der Waals surface area contributed by atoms with E-state index in [1.807, 2.05) is 0 Å². The van der Waals surface area contributed by atoms with Crippen LogP contribution in [0.1, 0.15) is 5.56 Å². The van der Waals surface area contributed by atoms with Crippen LogP contribution in [0.2, 0.25) is 10.0 Å². The van der Waals surface area contributed by atoms with Gasteiger partial charge in [0.1, 0.15) is 12.4 Å². The second kappa shape index (κ2) is 9.97. The Balaban J connectivity index is 2.02. The smallest absolute Gasteiger partial charge is 0.329 e. The van der Waals surface area contributed by atoms with Crippen molar-refractivity contribution in [3.05, 3.63) is 56.5 Å². The van der Waals surface area contributed by atoms with Gasteiger partial charge in [0.25, 0.3) is 0 Å². The normalized spacial score (nSPS) is 10.3. The maximum absolute atomic E-state index is 11.9. The minimum atomic E-state index is -0.983. The molecule has 0 fully saturated rings. The van der Waals surface area contributed by atoms with Gasteiger partial charge in [0, 0.05) is 15.1 Å². The number of carbonyl (C=O) groups is 2. The van der Waals surface area contributed by atoms with Crippen LogP contribution in [0, 0.1) is 12.3 Å². The summed E-state index contributed by atoms with van der Waals surface area (Å²) in [7, 11) is 0. The van der Waals surface area contributed by atoms with E-state index in [-0.39, 0.29) is 17.3 Å². The van der Waals surface area contributed by atoms with Crippen LogP contribution in [-0.4, -0.2) is 24.6 Å². The number of nitrogens with zero attached hydrogens (tertiary/aromatic N) is 1. The van der Waals surface area contributed by atoms with Crippen molar-refractivity contribution < 1.29 is 14.3 Å². The average Bonchev–Trinajstić information content (AvgIpc) is 2.64. The fraction of sp³-hybridized carbons (Fsp3) is 0.0556. The standard InChI is InChI=1S/C18H12BrCl2N3O3/c1-2-7-27-16-6-3-12(19)8-11(16)10-22-24-18(26)17(25)23-15-9-13(20)4-5-14(15)21/h1,3-6,8-10H,7H2,(H,23,25)(H,24,26)/b22-10+. The number of hydrogen-bond acceptors (Lipinski definition) is 4. The Labute approximate surface area is 174 Å². The van der Waals surface area contributed by atoms with Gasteiger partial charge in [-0.05, 0) is 36.4 Å². The van der Waals surface area contributed by atoms with Gasteiger partial charge in [-0.2, -0.15) is 5.10 Å². The number of rotatable bonds is 5. The van der Waals surface area contributed by atoms with Crippen LogP contribution in [0.4, 0.5) is 5.69 Å². The first-order chi connectivity index (χ1) is 12.9. The molecule has 0 spiro atoms. The summed E-state index contributed by atoms with van der Waals surface area (Å²) in [4.78, 5) is 23.8. The Morgan fingerprint density at radius 3 is 2.74 bits per heavy atom. The summed E-state index contributed by atoms with van der Waals surface area (Å²) in [6, 6.07) is 9.66. The third-order valence-corrected chi connectivity index (χ3v) is 4.09. The van der Waals surface area contributed by atoms with Crippen LogP contribution in [0.15, 0.2) is 46.0 Å². The zero-order valence-electron chi connectivity index (χ0n) is 13.6. The van der Waals surface area contributed by atoms with Crippen molar-refractivity contribution in [1.29, 1.82) is 0 Å². The number of benzene rings is 2. The SMILES string of the molecule is C#CCOc1ccc(Br)cc1/C=N/NC(=O)C(=O)Nc1cc(Cl)ccc1Cl. The number of carbonyl (C=O) groups excluding carboxylic acids is 2. The van der Waals surface area contributed by atoms with Crippen LogP contribution < -0.4 is 15.5 Å². The number of halogens is 3. The minimum absolute atomic E-state index is 0.0810. The van der Waals surface area contributed by atoms with Crippen molar-refractivity contribution in [2.75, 3.05) is 11.9 Å². The van der Waals surface area contributed by atoms with E-state index >= 15 is 0 Å². The quantitative estimate of drug-likeness (QED) is 0.302. The number of amides is 2. The maximum atomic E-state index is 11.9. The first-order valence-corrected chi connectivity index (χ1v) is 8.91. The predicted molar refractivity (Wildman–Crippen MR) is 109 cm³/mol. The highest BCUT2D eigenvalue weighted by Crippen LogP contribution is 2.25. The van der Waals surface area contributed by atoms with Crippen LogP contribution >= 0.6 is 39.1 Å². The number of nitrogens with one attached hydrogen (secondary N) is 2. The lowest BCUT2D eigenvalue weighted by Crippen LogP contribution is -2.32. The number of hydrogen-bond donors (Lipinski definition) is 2. The Morgan fingerprint density at radius 1 is 1.22 bits per heavy atom. The molecule has 27 heavy (non-hydrogen) atoms. The highest BCUT2D eigenvalue weighted by Gasteiger charge is 2.15. The number of terminal acetylenes is 1. The topological polar surface area (TPSA) is 79.8 Å².